The minimum absolute atomic E-state index is 0.0549. The number of fused-ring (bicyclic) bond motifs is 2. The first-order chi connectivity index (χ1) is 14.8. The zero-order valence-electron chi connectivity index (χ0n) is 17.8. The molecule has 2 saturated heterocycles. The van der Waals surface area contributed by atoms with Gasteiger partial charge in [0.05, 0.1) is 17.3 Å². The zero-order valence-corrected chi connectivity index (χ0v) is 17.8. The number of piperidine rings is 1. The monoisotopic (exact) mass is 424 g/mol. The molecular formula is C22H28N6O3. The van der Waals surface area contributed by atoms with Gasteiger partial charge in [0.2, 0.25) is 11.9 Å². The Hall–Kier alpha value is -2.91. The van der Waals surface area contributed by atoms with Gasteiger partial charge in [-0.1, -0.05) is 19.9 Å². The molecule has 0 radical (unpaired) electrons. The van der Waals surface area contributed by atoms with Gasteiger partial charge in [0.25, 0.3) is 0 Å². The lowest BCUT2D eigenvalue weighted by molar-refractivity contribution is -0.127. The van der Waals surface area contributed by atoms with Crippen molar-refractivity contribution < 1.29 is 14.3 Å². The van der Waals surface area contributed by atoms with E-state index in [2.05, 4.69) is 26.6 Å². The van der Waals surface area contributed by atoms with Gasteiger partial charge >= 0.3 is 0 Å². The third-order valence-electron chi connectivity index (χ3n) is 6.89. The predicted molar refractivity (Wildman–Crippen MR) is 117 cm³/mol. The van der Waals surface area contributed by atoms with E-state index in [-0.39, 0.29) is 18.4 Å². The Morgan fingerprint density at radius 2 is 2.13 bits per heavy atom. The molecular weight excluding hydrogens is 396 g/mol. The summed E-state index contributed by atoms with van der Waals surface area (Å²) in [5.74, 6) is 1.38. The van der Waals surface area contributed by atoms with Gasteiger partial charge in [-0.3, -0.25) is 4.79 Å². The molecule has 2 aliphatic heterocycles. The molecule has 9 heteroatoms. The number of rotatable bonds is 4. The van der Waals surface area contributed by atoms with Crippen molar-refractivity contribution in [3.63, 3.8) is 0 Å². The third-order valence-corrected chi connectivity index (χ3v) is 6.89. The summed E-state index contributed by atoms with van der Waals surface area (Å²) in [6, 6.07) is 1.81. The number of anilines is 2. The van der Waals surface area contributed by atoms with E-state index < -0.39 is 11.0 Å². The van der Waals surface area contributed by atoms with Crippen LogP contribution in [0.25, 0.3) is 11.1 Å². The molecule has 9 nitrogen and oxygen atoms in total. The number of nitrogens with two attached hydrogens (primary N) is 1. The molecule has 3 aliphatic rings. The van der Waals surface area contributed by atoms with Gasteiger partial charge in [-0.2, -0.15) is 4.98 Å². The molecule has 0 spiro atoms. The maximum atomic E-state index is 12.3. The molecule has 1 aliphatic carbocycles. The van der Waals surface area contributed by atoms with Crippen molar-refractivity contribution in [2.45, 2.75) is 38.7 Å². The van der Waals surface area contributed by atoms with Crippen molar-refractivity contribution in [1.82, 2.24) is 15.3 Å². The Labute approximate surface area is 180 Å². The number of allylic oxidation sites excluding steroid dienone is 3. The molecule has 2 aromatic rings. The van der Waals surface area contributed by atoms with E-state index in [9.17, 15) is 9.90 Å². The number of aromatic nitrogens is 2. The Balaban J connectivity index is 1.40. The smallest absolute Gasteiger partial charge is 0.230 e. The molecule has 1 amide bonds. The van der Waals surface area contributed by atoms with Crippen LogP contribution in [0.3, 0.4) is 0 Å². The van der Waals surface area contributed by atoms with Crippen LogP contribution in [0.1, 0.15) is 33.1 Å². The Bertz CT molecular complexity index is 1090. The Morgan fingerprint density at radius 1 is 1.35 bits per heavy atom. The van der Waals surface area contributed by atoms with E-state index in [4.69, 9.17) is 15.1 Å². The van der Waals surface area contributed by atoms with Crippen molar-refractivity contribution in [1.29, 1.82) is 0 Å². The highest BCUT2D eigenvalue weighted by molar-refractivity contribution is 5.88. The van der Waals surface area contributed by atoms with Crippen LogP contribution in [0.5, 0.6) is 0 Å². The fraction of sp³-hybridized carbons (Fsp3) is 0.500. The number of aliphatic hydroxyl groups is 1. The van der Waals surface area contributed by atoms with Gasteiger partial charge in [-0.05, 0) is 25.3 Å². The largest absolute Gasteiger partial charge is 0.459 e. The van der Waals surface area contributed by atoms with Crippen LogP contribution < -0.4 is 21.3 Å². The number of furan rings is 1. The summed E-state index contributed by atoms with van der Waals surface area (Å²) in [4.78, 5) is 23.7. The number of carbonyl (C=O) groups is 1. The second-order valence-corrected chi connectivity index (χ2v) is 9.27. The highest BCUT2D eigenvalue weighted by Crippen LogP contribution is 2.42. The predicted octanol–water partition coefficient (Wildman–Crippen LogP) is 1.87. The standard InChI is InChI=1S/C22H28N6O3/c1-21(2)14-4-3-13(11-16(14)25-19(21)29)24-20-26-15-5-10-31-17(15)18(27-20)28-8-6-22(30,12-23)7-9-28/h3,5,10-11,14,30H,4,6-9,12,23H2,1-2H3,(H,25,29)(H,24,26,27). The van der Waals surface area contributed by atoms with E-state index in [1.54, 1.807) is 6.26 Å². The first kappa shape index (κ1) is 20.0. The lowest BCUT2D eigenvalue weighted by Gasteiger charge is -2.37. The second-order valence-electron chi connectivity index (χ2n) is 9.27. The Morgan fingerprint density at radius 3 is 2.87 bits per heavy atom. The summed E-state index contributed by atoms with van der Waals surface area (Å²) >= 11 is 0. The van der Waals surface area contributed by atoms with Gasteiger partial charge in [-0.15, -0.1) is 0 Å². The maximum Gasteiger partial charge on any atom is 0.230 e. The molecule has 1 unspecified atom stereocenters. The quantitative estimate of drug-likeness (QED) is 0.585. The molecule has 0 bridgehead atoms. The zero-order chi connectivity index (χ0) is 21.8. The number of amides is 1. The van der Waals surface area contributed by atoms with Gasteiger partial charge in [0.15, 0.2) is 11.4 Å². The lowest BCUT2D eigenvalue weighted by atomic mass is 9.76. The number of nitrogens with zero attached hydrogens (tertiary/aromatic N) is 3. The SMILES string of the molecule is CC1(C)C(=O)NC2=CC(Nc3nc(N4CCC(O)(CN)CC4)c4occc4n3)=CCC21. The minimum atomic E-state index is -0.817. The molecule has 1 atom stereocenters. The van der Waals surface area contributed by atoms with Gasteiger partial charge in [-0.25, -0.2) is 4.98 Å². The normalized spacial score (nSPS) is 24.5. The van der Waals surface area contributed by atoms with E-state index >= 15 is 0 Å². The molecule has 5 N–H and O–H groups in total. The average Bonchev–Trinajstić information content (AvgIpc) is 3.30. The summed E-state index contributed by atoms with van der Waals surface area (Å²) in [5, 5.41) is 16.8. The number of nitrogens with one attached hydrogen (secondary N) is 2. The van der Waals surface area contributed by atoms with Crippen LogP contribution in [-0.4, -0.2) is 46.2 Å². The fourth-order valence-corrected chi connectivity index (χ4v) is 4.63. The van der Waals surface area contributed by atoms with Crippen LogP contribution in [-0.2, 0) is 4.79 Å². The van der Waals surface area contributed by atoms with E-state index in [0.29, 0.717) is 48.8 Å². The Kier molecular flexibility index (Phi) is 4.56. The minimum Gasteiger partial charge on any atom is -0.459 e. The van der Waals surface area contributed by atoms with Crippen molar-refractivity contribution in [3.05, 3.63) is 35.9 Å². The van der Waals surface area contributed by atoms with E-state index in [1.165, 1.54) is 0 Å². The van der Waals surface area contributed by atoms with Crippen molar-refractivity contribution in [2.24, 2.45) is 17.1 Å². The topological polar surface area (TPSA) is 130 Å². The van der Waals surface area contributed by atoms with Crippen LogP contribution in [0, 0.1) is 11.3 Å². The lowest BCUT2D eigenvalue weighted by Crippen LogP contribution is -2.49. The highest BCUT2D eigenvalue weighted by Gasteiger charge is 2.46. The first-order valence-corrected chi connectivity index (χ1v) is 10.7. The molecule has 2 fully saturated rings. The van der Waals surface area contributed by atoms with Crippen LogP contribution in [0.15, 0.2) is 40.3 Å². The molecule has 0 aromatic carbocycles. The average molecular weight is 425 g/mol. The van der Waals surface area contributed by atoms with E-state index in [0.717, 1.165) is 17.8 Å². The molecule has 2 aromatic heterocycles. The van der Waals surface area contributed by atoms with Crippen LogP contribution >= 0.6 is 0 Å². The highest BCUT2D eigenvalue weighted by atomic mass is 16.3. The van der Waals surface area contributed by atoms with Crippen LogP contribution in [0.4, 0.5) is 11.8 Å². The summed E-state index contributed by atoms with van der Waals surface area (Å²) in [6.45, 7) is 5.48. The van der Waals surface area contributed by atoms with Crippen molar-refractivity contribution in [3.8, 4) is 0 Å². The number of hydrogen-bond donors (Lipinski definition) is 4. The summed E-state index contributed by atoms with van der Waals surface area (Å²) < 4.78 is 5.66. The van der Waals surface area contributed by atoms with Gasteiger partial charge in [0.1, 0.15) is 5.52 Å². The number of hydrogen-bond acceptors (Lipinski definition) is 8. The molecule has 31 heavy (non-hydrogen) atoms. The van der Waals surface area contributed by atoms with Crippen molar-refractivity contribution in [2.75, 3.05) is 29.9 Å². The molecule has 164 valence electrons. The second kappa shape index (κ2) is 7.06. The summed E-state index contributed by atoms with van der Waals surface area (Å²) in [5.41, 5.74) is 7.63. The first-order valence-electron chi connectivity index (χ1n) is 10.7. The van der Waals surface area contributed by atoms with Gasteiger partial charge < -0.3 is 30.8 Å². The summed E-state index contributed by atoms with van der Waals surface area (Å²) in [6.07, 6.45) is 7.58. The van der Waals surface area contributed by atoms with Crippen LogP contribution in [0.2, 0.25) is 0 Å². The molecule has 5 rings (SSSR count). The molecule has 4 heterocycles. The third kappa shape index (κ3) is 3.37. The fourth-order valence-electron chi connectivity index (χ4n) is 4.63. The summed E-state index contributed by atoms with van der Waals surface area (Å²) in [7, 11) is 0. The van der Waals surface area contributed by atoms with Gasteiger partial charge in [0, 0.05) is 43.0 Å². The maximum absolute atomic E-state index is 12.3. The number of carbonyl (C=O) groups excluding carboxylic acids is 1. The molecule has 0 saturated carbocycles. The van der Waals surface area contributed by atoms with E-state index in [1.807, 2.05) is 26.0 Å². The van der Waals surface area contributed by atoms with Crippen molar-refractivity contribution >= 4 is 28.8 Å².